The van der Waals surface area contributed by atoms with Crippen LogP contribution >= 0.6 is 0 Å². The van der Waals surface area contributed by atoms with E-state index in [1.165, 1.54) is 0 Å². The molecule has 0 spiro atoms. The van der Waals surface area contributed by atoms with E-state index in [-0.39, 0.29) is 5.91 Å². The Labute approximate surface area is 94.6 Å². The molecule has 2 heterocycles. The maximum atomic E-state index is 11.9. The number of amides is 1. The molecule has 0 aliphatic carbocycles. The van der Waals surface area contributed by atoms with Crippen molar-refractivity contribution in [3.05, 3.63) is 17.0 Å². The van der Waals surface area contributed by atoms with Gasteiger partial charge in [0.05, 0.1) is 5.69 Å². The minimum atomic E-state index is -0.0804. The predicted octanol–water partition coefficient (Wildman–Crippen LogP) is 0.631. The van der Waals surface area contributed by atoms with Gasteiger partial charge < -0.3 is 15.2 Å². The second kappa shape index (κ2) is 4.65. The quantitative estimate of drug-likeness (QED) is 0.788. The van der Waals surface area contributed by atoms with Gasteiger partial charge in [-0.1, -0.05) is 5.16 Å². The van der Waals surface area contributed by atoms with Gasteiger partial charge in [0.15, 0.2) is 0 Å². The Kier molecular flexibility index (Phi) is 3.24. The molecule has 1 saturated heterocycles. The van der Waals surface area contributed by atoms with Crippen molar-refractivity contribution in [2.45, 2.75) is 20.3 Å². The van der Waals surface area contributed by atoms with Crippen molar-refractivity contribution in [3.8, 4) is 0 Å². The lowest BCUT2D eigenvalue weighted by Crippen LogP contribution is -2.30. The highest BCUT2D eigenvalue weighted by Gasteiger charge is 2.19. The summed E-state index contributed by atoms with van der Waals surface area (Å²) in [5.41, 5.74) is 1.23. The van der Waals surface area contributed by atoms with Crippen LogP contribution in [0, 0.1) is 19.8 Å². The fourth-order valence-corrected chi connectivity index (χ4v) is 2.02. The van der Waals surface area contributed by atoms with E-state index in [4.69, 9.17) is 4.52 Å². The highest BCUT2D eigenvalue weighted by atomic mass is 16.5. The Morgan fingerprint density at radius 2 is 2.44 bits per heavy atom. The number of hydrogen-bond acceptors (Lipinski definition) is 4. The smallest absolute Gasteiger partial charge is 0.256 e. The third-order valence-corrected chi connectivity index (χ3v) is 2.97. The lowest BCUT2D eigenvalue weighted by Gasteiger charge is -2.09. The van der Waals surface area contributed by atoms with E-state index in [0.717, 1.165) is 26.1 Å². The first kappa shape index (κ1) is 11.1. The van der Waals surface area contributed by atoms with Gasteiger partial charge in [-0.2, -0.15) is 0 Å². The summed E-state index contributed by atoms with van der Waals surface area (Å²) in [6.07, 6.45) is 1.13. The van der Waals surface area contributed by atoms with Crippen molar-refractivity contribution in [1.29, 1.82) is 0 Å². The first-order chi connectivity index (χ1) is 7.68. The zero-order chi connectivity index (χ0) is 11.5. The van der Waals surface area contributed by atoms with Crippen LogP contribution in [-0.2, 0) is 0 Å². The van der Waals surface area contributed by atoms with Crippen molar-refractivity contribution in [1.82, 2.24) is 15.8 Å². The van der Waals surface area contributed by atoms with Crippen LogP contribution in [0.1, 0.15) is 28.2 Å². The van der Waals surface area contributed by atoms with Crippen LogP contribution in [0.2, 0.25) is 0 Å². The van der Waals surface area contributed by atoms with Gasteiger partial charge in [0.25, 0.3) is 5.91 Å². The molecule has 1 aliphatic heterocycles. The van der Waals surface area contributed by atoms with Gasteiger partial charge in [-0.25, -0.2) is 0 Å². The summed E-state index contributed by atoms with van der Waals surface area (Å²) >= 11 is 0. The molecule has 0 aromatic carbocycles. The standard InChI is InChI=1S/C11H17N3O2/c1-7-10(8(2)16-14-7)11(15)13-6-9-3-4-12-5-9/h9,12H,3-6H2,1-2H3,(H,13,15). The summed E-state index contributed by atoms with van der Waals surface area (Å²) < 4.78 is 4.97. The SMILES string of the molecule is Cc1noc(C)c1C(=O)NCC1CCNC1. The normalized spacial score (nSPS) is 20.0. The molecule has 88 valence electrons. The van der Waals surface area contributed by atoms with Crippen LogP contribution in [0.15, 0.2) is 4.52 Å². The molecule has 1 fully saturated rings. The van der Waals surface area contributed by atoms with Crippen LogP contribution < -0.4 is 10.6 Å². The monoisotopic (exact) mass is 223 g/mol. The molecule has 1 atom stereocenters. The molecule has 0 bridgehead atoms. The van der Waals surface area contributed by atoms with E-state index in [1.54, 1.807) is 13.8 Å². The Hall–Kier alpha value is -1.36. The number of nitrogens with zero attached hydrogens (tertiary/aromatic N) is 1. The zero-order valence-electron chi connectivity index (χ0n) is 9.67. The second-order valence-corrected chi connectivity index (χ2v) is 4.27. The fourth-order valence-electron chi connectivity index (χ4n) is 2.02. The third kappa shape index (κ3) is 2.24. The molecule has 5 nitrogen and oxygen atoms in total. The van der Waals surface area contributed by atoms with Gasteiger partial charge in [-0.05, 0) is 39.3 Å². The Balaban J connectivity index is 1.92. The van der Waals surface area contributed by atoms with Crippen molar-refractivity contribution in [3.63, 3.8) is 0 Å². The Morgan fingerprint density at radius 1 is 1.62 bits per heavy atom. The van der Waals surface area contributed by atoms with E-state index in [0.29, 0.717) is 22.9 Å². The van der Waals surface area contributed by atoms with Gasteiger partial charge >= 0.3 is 0 Å². The van der Waals surface area contributed by atoms with Gasteiger partial charge in [0.2, 0.25) is 0 Å². The number of hydrogen-bond donors (Lipinski definition) is 2. The van der Waals surface area contributed by atoms with Gasteiger partial charge in [0.1, 0.15) is 11.3 Å². The van der Waals surface area contributed by atoms with Crippen LogP contribution in [0.4, 0.5) is 0 Å². The highest BCUT2D eigenvalue weighted by Crippen LogP contribution is 2.12. The Bertz CT molecular complexity index is 361. The molecule has 2 rings (SSSR count). The van der Waals surface area contributed by atoms with Crippen LogP contribution in [0.5, 0.6) is 0 Å². The summed E-state index contributed by atoms with van der Waals surface area (Å²) in [5.74, 6) is 1.05. The highest BCUT2D eigenvalue weighted by molar-refractivity contribution is 5.96. The molecular formula is C11H17N3O2. The predicted molar refractivity (Wildman–Crippen MR) is 59.3 cm³/mol. The summed E-state index contributed by atoms with van der Waals surface area (Å²) in [4.78, 5) is 11.9. The van der Waals surface area contributed by atoms with Crippen molar-refractivity contribution in [2.24, 2.45) is 5.92 Å². The topological polar surface area (TPSA) is 67.2 Å². The number of rotatable bonds is 3. The molecule has 0 saturated carbocycles. The zero-order valence-corrected chi connectivity index (χ0v) is 9.67. The van der Waals surface area contributed by atoms with E-state index < -0.39 is 0 Å². The first-order valence-corrected chi connectivity index (χ1v) is 5.60. The molecule has 0 radical (unpaired) electrons. The molecule has 1 amide bonds. The van der Waals surface area contributed by atoms with Gasteiger partial charge in [-0.15, -0.1) is 0 Å². The summed E-state index contributed by atoms with van der Waals surface area (Å²) in [6.45, 7) is 6.29. The van der Waals surface area contributed by atoms with Crippen LogP contribution in [-0.4, -0.2) is 30.7 Å². The minimum Gasteiger partial charge on any atom is -0.361 e. The van der Waals surface area contributed by atoms with E-state index in [2.05, 4.69) is 15.8 Å². The molecular weight excluding hydrogens is 206 g/mol. The number of aromatic nitrogens is 1. The summed E-state index contributed by atoms with van der Waals surface area (Å²) in [7, 11) is 0. The molecule has 16 heavy (non-hydrogen) atoms. The van der Waals surface area contributed by atoms with E-state index in [1.807, 2.05) is 0 Å². The van der Waals surface area contributed by atoms with Crippen LogP contribution in [0.3, 0.4) is 0 Å². The largest absolute Gasteiger partial charge is 0.361 e. The molecule has 1 unspecified atom stereocenters. The van der Waals surface area contributed by atoms with E-state index >= 15 is 0 Å². The molecule has 1 aromatic rings. The molecule has 1 aromatic heterocycles. The lowest BCUT2D eigenvalue weighted by molar-refractivity contribution is 0.0946. The maximum Gasteiger partial charge on any atom is 0.256 e. The average molecular weight is 223 g/mol. The third-order valence-electron chi connectivity index (χ3n) is 2.97. The van der Waals surface area contributed by atoms with Gasteiger partial charge in [0, 0.05) is 6.54 Å². The van der Waals surface area contributed by atoms with Crippen LogP contribution in [0.25, 0.3) is 0 Å². The van der Waals surface area contributed by atoms with Crippen molar-refractivity contribution >= 4 is 5.91 Å². The van der Waals surface area contributed by atoms with E-state index in [9.17, 15) is 4.79 Å². The molecule has 1 aliphatic rings. The molecule has 5 heteroatoms. The summed E-state index contributed by atoms with van der Waals surface area (Å²) in [6, 6.07) is 0. The number of nitrogens with one attached hydrogen (secondary N) is 2. The lowest BCUT2D eigenvalue weighted by atomic mass is 10.1. The second-order valence-electron chi connectivity index (χ2n) is 4.27. The summed E-state index contributed by atoms with van der Waals surface area (Å²) in [5, 5.41) is 9.97. The number of carbonyl (C=O) groups excluding carboxylic acids is 1. The van der Waals surface area contributed by atoms with Crippen molar-refractivity contribution < 1.29 is 9.32 Å². The van der Waals surface area contributed by atoms with Gasteiger partial charge in [-0.3, -0.25) is 4.79 Å². The molecule has 2 N–H and O–H groups in total. The minimum absolute atomic E-state index is 0.0804. The number of carbonyl (C=O) groups is 1. The first-order valence-electron chi connectivity index (χ1n) is 5.60. The number of aryl methyl sites for hydroxylation is 2. The van der Waals surface area contributed by atoms with Crippen molar-refractivity contribution in [2.75, 3.05) is 19.6 Å². The Morgan fingerprint density at radius 3 is 3.00 bits per heavy atom. The maximum absolute atomic E-state index is 11.9. The fraction of sp³-hybridized carbons (Fsp3) is 0.636. The average Bonchev–Trinajstić information content (AvgIpc) is 2.86.